The number of nitrogens with zero attached hydrogens (tertiary/aromatic N) is 1. The summed E-state index contributed by atoms with van der Waals surface area (Å²) in [7, 11) is 0. The number of hydrogen-bond acceptors (Lipinski definition) is 3. The fourth-order valence-electron chi connectivity index (χ4n) is 2.60. The Balaban J connectivity index is 2.31. The van der Waals surface area contributed by atoms with Crippen LogP contribution in [-0.2, 0) is 0 Å². The maximum Gasteiger partial charge on any atom is 0.257 e. The minimum atomic E-state index is 0.0739. The van der Waals surface area contributed by atoms with Gasteiger partial charge >= 0.3 is 0 Å². The molecule has 2 rings (SSSR count). The van der Waals surface area contributed by atoms with Crippen molar-refractivity contribution in [1.82, 2.24) is 4.90 Å². The van der Waals surface area contributed by atoms with Gasteiger partial charge in [0.25, 0.3) is 5.91 Å². The Labute approximate surface area is 102 Å². The first-order chi connectivity index (χ1) is 8.06. The molecule has 1 aromatic rings. The van der Waals surface area contributed by atoms with Gasteiger partial charge in [0.2, 0.25) is 0 Å². The van der Waals surface area contributed by atoms with Gasteiger partial charge in [-0.15, -0.1) is 0 Å². The molecule has 1 aromatic heterocycles. The third kappa shape index (κ3) is 1.97. The maximum atomic E-state index is 12.5. The Morgan fingerprint density at radius 3 is 2.65 bits per heavy atom. The summed E-state index contributed by atoms with van der Waals surface area (Å²) in [6.07, 6.45) is 2.06. The van der Waals surface area contributed by atoms with Crippen LogP contribution in [0.4, 0.5) is 0 Å². The second kappa shape index (κ2) is 4.53. The van der Waals surface area contributed by atoms with Gasteiger partial charge < -0.3 is 15.1 Å². The Morgan fingerprint density at radius 2 is 2.12 bits per heavy atom. The first kappa shape index (κ1) is 12.2. The molecule has 1 aliphatic rings. The molecule has 0 aliphatic carbocycles. The van der Waals surface area contributed by atoms with E-state index in [0.717, 1.165) is 36.3 Å². The summed E-state index contributed by atoms with van der Waals surface area (Å²) >= 11 is 0. The van der Waals surface area contributed by atoms with Crippen molar-refractivity contribution >= 4 is 5.91 Å². The highest BCUT2D eigenvalue weighted by Gasteiger charge is 2.31. The van der Waals surface area contributed by atoms with Gasteiger partial charge in [-0.3, -0.25) is 4.79 Å². The summed E-state index contributed by atoms with van der Waals surface area (Å²) in [6.45, 7) is 7.03. The normalized spacial score (nSPS) is 20.0. The van der Waals surface area contributed by atoms with E-state index in [9.17, 15) is 4.79 Å². The average Bonchev–Trinajstić information content (AvgIpc) is 2.84. The molecule has 0 spiro atoms. The fraction of sp³-hybridized carbons (Fsp3) is 0.615. The number of rotatable bonds is 2. The summed E-state index contributed by atoms with van der Waals surface area (Å²) in [5, 5.41) is 0. The quantitative estimate of drug-likeness (QED) is 0.851. The van der Waals surface area contributed by atoms with Crippen LogP contribution >= 0.6 is 0 Å². The van der Waals surface area contributed by atoms with Crippen molar-refractivity contribution in [1.29, 1.82) is 0 Å². The number of carbonyl (C=O) groups is 1. The number of hydrogen-bond donors (Lipinski definition) is 1. The lowest BCUT2D eigenvalue weighted by Crippen LogP contribution is -2.40. The van der Waals surface area contributed by atoms with Gasteiger partial charge in [-0.2, -0.15) is 0 Å². The van der Waals surface area contributed by atoms with Crippen molar-refractivity contribution in [2.75, 3.05) is 13.1 Å². The van der Waals surface area contributed by atoms with E-state index in [4.69, 9.17) is 10.2 Å². The predicted molar refractivity (Wildman–Crippen MR) is 66.0 cm³/mol. The van der Waals surface area contributed by atoms with Crippen LogP contribution < -0.4 is 5.73 Å². The lowest BCUT2D eigenvalue weighted by molar-refractivity contribution is 0.0739. The molecule has 2 heterocycles. The van der Waals surface area contributed by atoms with Gasteiger partial charge in [-0.25, -0.2) is 0 Å². The SMILES string of the molecule is Cc1oc(C)c(C(=O)N2CCCC2CN)c1C. The van der Waals surface area contributed by atoms with Crippen LogP contribution in [0.15, 0.2) is 4.42 Å². The highest BCUT2D eigenvalue weighted by atomic mass is 16.3. The standard InChI is InChI=1S/C13H20N2O2/c1-8-9(2)17-10(3)12(8)13(16)15-6-4-5-11(15)7-14/h11H,4-7,14H2,1-3H3. The maximum absolute atomic E-state index is 12.5. The molecule has 17 heavy (non-hydrogen) atoms. The number of nitrogens with two attached hydrogens (primary N) is 1. The van der Waals surface area contributed by atoms with Crippen LogP contribution in [0.25, 0.3) is 0 Å². The van der Waals surface area contributed by atoms with E-state index in [1.807, 2.05) is 25.7 Å². The van der Waals surface area contributed by atoms with Crippen molar-refractivity contribution in [2.24, 2.45) is 5.73 Å². The molecule has 2 N–H and O–H groups in total. The van der Waals surface area contributed by atoms with Crippen LogP contribution in [-0.4, -0.2) is 29.9 Å². The zero-order valence-corrected chi connectivity index (χ0v) is 10.7. The third-order valence-corrected chi connectivity index (χ3v) is 3.69. The van der Waals surface area contributed by atoms with Crippen molar-refractivity contribution in [2.45, 2.75) is 39.7 Å². The largest absolute Gasteiger partial charge is 0.466 e. The summed E-state index contributed by atoms with van der Waals surface area (Å²) < 4.78 is 5.52. The second-order valence-electron chi connectivity index (χ2n) is 4.74. The van der Waals surface area contributed by atoms with Crippen LogP contribution in [0.3, 0.4) is 0 Å². The summed E-state index contributed by atoms with van der Waals surface area (Å²) in [4.78, 5) is 14.4. The topological polar surface area (TPSA) is 59.5 Å². The number of amides is 1. The van der Waals surface area contributed by atoms with Crippen LogP contribution in [0, 0.1) is 20.8 Å². The van der Waals surface area contributed by atoms with Crippen molar-refractivity contribution in [3.8, 4) is 0 Å². The smallest absolute Gasteiger partial charge is 0.257 e. The van der Waals surface area contributed by atoms with E-state index in [1.165, 1.54) is 0 Å². The van der Waals surface area contributed by atoms with Crippen molar-refractivity contribution < 1.29 is 9.21 Å². The highest BCUT2D eigenvalue weighted by Crippen LogP contribution is 2.26. The monoisotopic (exact) mass is 236 g/mol. The van der Waals surface area contributed by atoms with E-state index in [1.54, 1.807) is 0 Å². The molecule has 0 bridgehead atoms. The zero-order chi connectivity index (χ0) is 12.6. The Hall–Kier alpha value is -1.29. The Kier molecular flexibility index (Phi) is 3.24. The molecule has 0 radical (unpaired) electrons. The number of aryl methyl sites for hydroxylation is 2. The molecular formula is C13H20N2O2. The Morgan fingerprint density at radius 1 is 1.41 bits per heavy atom. The number of likely N-dealkylation sites (tertiary alicyclic amines) is 1. The van der Waals surface area contributed by atoms with E-state index < -0.39 is 0 Å². The minimum absolute atomic E-state index is 0.0739. The molecule has 4 heteroatoms. The fourth-order valence-corrected chi connectivity index (χ4v) is 2.60. The van der Waals surface area contributed by atoms with Crippen molar-refractivity contribution in [3.63, 3.8) is 0 Å². The third-order valence-electron chi connectivity index (χ3n) is 3.69. The average molecular weight is 236 g/mol. The molecule has 1 saturated heterocycles. The molecule has 1 unspecified atom stereocenters. The van der Waals surface area contributed by atoms with E-state index in [-0.39, 0.29) is 11.9 Å². The molecule has 4 nitrogen and oxygen atoms in total. The second-order valence-corrected chi connectivity index (χ2v) is 4.74. The molecule has 1 fully saturated rings. The first-order valence-corrected chi connectivity index (χ1v) is 6.14. The van der Waals surface area contributed by atoms with Crippen LogP contribution in [0.1, 0.15) is 40.3 Å². The Bertz CT molecular complexity index is 437. The molecule has 0 aromatic carbocycles. The van der Waals surface area contributed by atoms with Gasteiger partial charge in [0.05, 0.1) is 5.56 Å². The van der Waals surface area contributed by atoms with E-state index >= 15 is 0 Å². The lowest BCUT2D eigenvalue weighted by atomic mass is 10.1. The summed E-state index contributed by atoms with van der Waals surface area (Å²) in [5.41, 5.74) is 7.38. The molecule has 0 saturated carbocycles. The molecule has 94 valence electrons. The van der Waals surface area contributed by atoms with E-state index in [0.29, 0.717) is 12.3 Å². The van der Waals surface area contributed by atoms with Gasteiger partial charge in [-0.05, 0) is 33.6 Å². The van der Waals surface area contributed by atoms with Gasteiger partial charge in [0.1, 0.15) is 11.5 Å². The molecule has 1 atom stereocenters. The molecular weight excluding hydrogens is 216 g/mol. The van der Waals surface area contributed by atoms with Crippen molar-refractivity contribution in [3.05, 3.63) is 22.6 Å². The number of furan rings is 1. The molecule has 1 aliphatic heterocycles. The van der Waals surface area contributed by atoms with Crippen LogP contribution in [0.2, 0.25) is 0 Å². The summed E-state index contributed by atoms with van der Waals surface area (Å²) in [5.74, 6) is 1.62. The predicted octanol–water partition coefficient (Wildman–Crippen LogP) is 1.77. The molecule has 1 amide bonds. The van der Waals surface area contributed by atoms with Gasteiger partial charge in [0.15, 0.2) is 0 Å². The summed E-state index contributed by atoms with van der Waals surface area (Å²) in [6, 6.07) is 0.191. The number of carbonyl (C=O) groups excluding carboxylic acids is 1. The van der Waals surface area contributed by atoms with E-state index in [2.05, 4.69) is 0 Å². The lowest BCUT2D eigenvalue weighted by Gasteiger charge is -2.23. The van der Waals surface area contributed by atoms with Crippen LogP contribution in [0.5, 0.6) is 0 Å². The zero-order valence-electron chi connectivity index (χ0n) is 10.7. The first-order valence-electron chi connectivity index (χ1n) is 6.14. The highest BCUT2D eigenvalue weighted by molar-refractivity contribution is 5.97. The minimum Gasteiger partial charge on any atom is -0.466 e. The van der Waals surface area contributed by atoms with Gasteiger partial charge in [0, 0.05) is 24.7 Å². The van der Waals surface area contributed by atoms with Gasteiger partial charge in [-0.1, -0.05) is 0 Å².